The number of benzene rings is 1. The van der Waals surface area contributed by atoms with E-state index >= 15 is 0 Å². The minimum atomic E-state index is -0.502. The van der Waals surface area contributed by atoms with Crippen LogP contribution in [0.3, 0.4) is 0 Å². The number of amides is 1. The highest BCUT2D eigenvalue weighted by Crippen LogP contribution is 2.33. The van der Waals surface area contributed by atoms with Crippen LogP contribution in [0.1, 0.15) is 56.6 Å². The fraction of sp³-hybridized carbons (Fsp3) is 0.444. The van der Waals surface area contributed by atoms with Crippen molar-refractivity contribution in [3.63, 3.8) is 0 Å². The van der Waals surface area contributed by atoms with Gasteiger partial charge in [-0.3, -0.25) is 4.79 Å². The van der Waals surface area contributed by atoms with Gasteiger partial charge in [-0.2, -0.15) is 0 Å². The number of nitrogens with zero attached hydrogens (tertiary/aromatic N) is 2. The van der Waals surface area contributed by atoms with Gasteiger partial charge in [-0.15, -0.1) is 0 Å². The van der Waals surface area contributed by atoms with Crippen molar-refractivity contribution in [2.24, 2.45) is 5.92 Å². The van der Waals surface area contributed by atoms with Crippen molar-refractivity contribution in [3.8, 4) is 5.75 Å². The van der Waals surface area contributed by atoms with E-state index in [2.05, 4.69) is 48.5 Å². The molecule has 1 amide bonds. The first-order valence-corrected chi connectivity index (χ1v) is 12.0. The summed E-state index contributed by atoms with van der Waals surface area (Å²) in [6, 6.07) is 10.2. The Hall–Kier alpha value is -3.55. The number of nitrogens with one attached hydrogen (secondary N) is 2. The van der Waals surface area contributed by atoms with Crippen molar-refractivity contribution in [2.75, 3.05) is 24.9 Å². The smallest absolute Gasteiger partial charge is 0.356 e. The zero-order chi connectivity index (χ0) is 25.5. The molecule has 2 heterocycles. The summed E-state index contributed by atoms with van der Waals surface area (Å²) in [6.07, 6.45) is 4.48. The molecule has 188 valence electrons. The van der Waals surface area contributed by atoms with Gasteiger partial charge in [0.05, 0.1) is 31.8 Å². The molecule has 0 unspecified atom stereocenters. The Bertz CT molecular complexity index is 1170. The molecule has 8 heteroatoms. The van der Waals surface area contributed by atoms with E-state index in [-0.39, 0.29) is 11.9 Å². The lowest BCUT2D eigenvalue weighted by molar-refractivity contribution is -0.114. The van der Waals surface area contributed by atoms with Crippen LogP contribution in [0.5, 0.6) is 5.75 Å². The van der Waals surface area contributed by atoms with E-state index in [1.54, 1.807) is 13.3 Å². The van der Waals surface area contributed by atoms with Gasteiger partial charge in [-0.1, -0.05) is 26.0 Å². The standard InChI is InChI=1S/C27H36N4O4/c1-17(2)13-14-31-25(27(33)35-6)24(30-19(4)32)23-15-21(16-28-26(23)31)29-18(3)7-8-20-9-11-22(34-5)12-10-20/h9-12,15-18,29H,7-8,13-14H2,1-6H3,(H,30,32)/t18-/m0/s1. The molecule has 0 saturated heterocycles. The molecule has 1 atom stereocenters. The summed E-state index contributed by atoms with van der Waals surface area (Å²) in [6.45, 7) is 8.39. The Labute approximate surface area is 207 Å². The molecule has 8 nitrogen and oxygen atoms in total. The van der Waals surface area contributed by atoms with Gasteiger partial charge >= 0.3 is 5.97 Å². The van der Waals surface area contributed by atoms with Crippen molar-refractivity contribution in [1.82, 2.24) is 9.55 Å². The first kappa shape index (κ1) is 26.1. The summed E-state index contributed by atoms with van der Waals surface area (Å²) in [5.74, 6) is 0.526. The summed E-state index contributed by atoms with van der Waals surface area (Å²) in [5.41, 5.74) is 3.46. The van der Waals surface area contributed by atoms with Crippen LogP contribution >= 0.6 is 0 Å². The van der Waals surface area contributed by atoms with E-state index in [0.29, 0.717) is 34.9 Å². The van der Waals surface area contributed by atoms with Crippen LogP contribution in [0.15, 0.2) is 36.5 Å². The van der Waals surface area contributed by atoms with Crippen LogP contribution in [-0.4, -0.2) is 41.7 Å². The average Bonchev–Trinajstić information content (AvgIpc) is 3.13. The summed E-state index contributed by atoms with van der Waals surface area (Å²) in [7, 11) is 3.01. The van der Waals surface area contributed by atoms with Gasteiger partial charge in [0, 0.05) is 24.9 Å². The van der Waals surface area contributed by atoms with E-state index in [9.17, 15) is 9.59 Å². The number of carbonyl (C=O) groups is 2. The first-order valence-electron chi connectivity index (χ1n) is 12.0. The maximum absolute atomic E-state index is 12.7. The normalized spacial score (nSPS) is 12.0. The molecule has 0 aliphatic carbocycles. The predicted molar refractivity (Wildman–Crippen MR) is 139 cm³/mol. The predicted octanol–water partition coefficient (Wildman–Crippen LogP) is 5.27. The Balaban J connectivity index is 1.88. The van der Waals surface area contributed by atoms with Gasteiger partial charge in [0.25, 0.3) is 0 Å². The Kier molecular flexibility index (Phi) is 8.73. The zero-order valence-electron chi connectivity index (χ0n) is 21.5. The lowest BCUT2D eigenvalue weighted by Crippen LogP contribution is -2.16. The monoisotopic (exact) mass is 480 g/mol. The van der Waals surface area contributed by atoms with Gasteiger partial charge in [0.15, 0.2) is 5.69 Å². The van der Waals surface area contributed by atoms with Crippen LogP contribution in [0.25, 0.3) is 11.0 Å². The molecular weight excluding hydrogens is 444 g/mol. The molecule has 0 spiro atoms. The van der Waals surface area contributed by atoms with Gasteiger partial charge in [-0.25, -0.2) is 9.78 Å². The third-order valence-electron chi connectivity index (χ3n) is 5.95. The minimum absolute atomic E-state index is 0.184. The molecule has 0 aliphatic heterocycles. The van der Waals surface area contributed by atoms with Gasteiger partial charge in [0.2, 0.25) is 5.91 Å². The fourth-order valence-corrected chi connectivity index (χ4v) is 4.05. The van der Waals surface area contributed by atoms with Crippen LogP contribution in [0, 0.1) is 5.92 Å². The summed E-state index contributed by atoms with van der Waals surface area (Å²) < 4.78 is 12.1. The van der Waals surface area contributed by atoms with Crippen LogP contribution < -0.4 is 15.4 Å². The average molecular weight is 481 g/mol. The summed E-state index contributed by atoms with van der Waals surface area (Å²) in [4.78, 5) is 29.4. The molecule has 0 radical (unpaired) electrons. The minimum Gasteiger partial charge on any atom is -0.497 e. The lowest BCUT2D eigenvalue weighted by Gasteiger charge is -2.15. The molecule has 3 rings (SSSR count). The topological polar surface area (TPSA) is 94.5 Å². The van der Waals surface area contributed by atoms with E-state index in [1.807, 2.05) is 22.8 Å². The van der Waals surface area contributed by atoms with Gasteiger partial charge in [0.1, 0.15) is 11.4 Å². The zero-order valence-corrected chi connectivity index (χ0v) is 21.5. The van der Waals surface area contributed by atoms with Crippen LogP contribution in [0.4, 0.5) is 11.4 Å². The Morgan fingerprint density at radius 3 is 2.40 bits per heavy atom. The SMILES string of the molecule is COC(=O)c1c(NC(C)=O)c2cc(N[C@@H](C)CCc3ccc(OC)cc3)cnc2n1CCC(C)C. The van der Waals surface area contributed by atoms with Gasteiger partial charge in [-0.05, 0) is 55.9 Å². The second-order valence-corrected chi connectivity index (χ2v) is 9.26. The van der Waals surface area contributed by atoms with E-state index < -0.39 is 5.97 Å². The van der Waals surface area contributed by atoms with Crippen molar-refractivity contribution < 1.29 is 19.1 Å². The molecule has 1 aromatic carbocycles. The number of hydrogen-bond donors (Lipinski definition) is 2. The van der Waals surface area contributed by atoms with E-state index in [4.69, 9.17) is 9.47 Å². The number of fused-ring (bicyclic) bond motifs is 1. The van der Waals surface area contributed by atoms with Crippen LogP contribution in [0.2, 0.25) is 0 Å². The van der Waals surface area contributed by atoms with Crippen LogP contribution in [-0.2, 0) is 22.5 Å². The van der Waals surface area contributed by atoms with E-state index in [0.717, 1.165) is 30.7 Å². The van der Waals surface area contributed by atoms with Crippen molar-refractivity contribution in [3.05, 3.63) is 47.8 Å². The highest BCUT2D eigenvalue weighted by Gasteiger charge is 2.25. The number of esters is 1. The number of carbonyl (C=O) groups excluding carboxylic acids is 2. The number of ether oxygens (including phenoxy) is 2. The molecule has 0 saturated carbocycles. The maximum atomic E-state index is 12.7. The van der Waals surface area contributed by atoms with E-state index in [1.165, 1.54) is 19.6 Å². The lowest BCUT2D eigenvalue weighted by atomic mass is 10.1. The highest BCUT2D eigenvalue weighted by atomic mass is 16.5. The number of pyridine rings is 1. The highest BCUT2D eigenvalue weighted by molar-refractivity contribution is 6.10. The molecule has 2 aromatic heterocycles. The molecule has 35 heavy (non-hydrogen) atoms. The number of methoxy groups -OCH3 is 2. The second-order valence-electron chi connectivity index (χ2n) is 9.26. The molecular formula is C27H36N4O4. The second kappa shape index (κ2) is 11.7. The number of aromatic nitrogens is 2. The largest absolute Gasteiger partial charge is 0.497 e. The Morgan fingerprint density at radius 1 is 1.09 bits per heavy atom. The molecule has 0 aliphatic rings. The molecule has 3 aromatic rings. The third kappa shape index (κ3) is 6.53. The third-order valence-corrected chi connectivity index (χ3v) is 5.95. The first-order chi connectivity index (χ1) is 16.7. The van der Waals surface area contributed by atoms with Gasteiger partial charge < -0.3 is 24.7 Å². The molecule has 0 fully saturated rings. The quantitative estimate of drug-likeness (QED) is 0.363. The Morgan fingerprint density at radius 2 is 1.80 bits per heavy atom. The number of aryl methyl sites for hydroxylation is 2. The molecule has 0 bridgehead atoms. The maximum Gasteiger partial charge on any atom is 0.356 e. The van der Waals surface area contributed by atoms with Crippen molar-refractivity contribution >= 4 is 34.3 Å². The van der Waals surface area contributed by atoms with Crippen molar-refractivity contribution in [1.29, 1.82) is 0 Å². The summed E-state index contributed by atoms with van der Waals surface area (Å²) in [5, 5.41) is 7.05. The fourth-order valence-electron chi connectivity index (χ4n) is 4.05. The number of rotatable bonds is 11. The molecule has 2 N–H and O–H groups in total. The number of anilines is 2. The number of hydrogen-bond acceptors (Lipinski definition) is 6. The van der Waals surface area contributed by atoms with Crippen molar-refractivity contribution in [2.45, 2.75) is 59.5 Å². The summed E-state index contributed by atoms with van der Waals surface area (Å²) >= 11 is 0.